The number of amides is 1. The third-order valence-electron chi connectivity index (χ3n) is 7.43. The summed E-state index contributed by atoms with van der Waals surface area (Å²) in [6.07, 6.45) is 6.68. The van der Waals surface area contributed by atoms with Crippen molar-refractivity contribution in [2.75, 3.05) is 17.6 Å². The van der Waals surface area contributed by atoms with Crippen LogP contribution in [-0.2, 0) is 23.1 Å². The van der Waals surface area contributed by atoms with Gasteiger partial charge in [0.25, 0.3) is 5.91 Å². The van der Waals surface area contributed by atoms with Gasteiger partial charge in [-0.05, 0) is 47.4 Å². The molecule has 226 valence electrons. The van der Waals surface area contributed by atoms with Crippen LogP contribution in [0.3, 0.4) is 0 Å². The number of sulfonamides is 1. The monoisotopic (exact) mass is 611 g/mol. The van der Waals surface area contributed by atoms with Crippen LogP contribution in [0.15, 0.2) is 108 Å². The van der Waals surface area contributed by atoms with Crippen LogP contribution < -0.4 is 9.04 Å². The molecule has 44 heavy (non-hydrogen) atoms. The van der Waals surface area contributed by atoms with Gasteiger partial charge >= 0.3 is 0 Å². The van der Waals surface area contributed by atoms with E-state index >= 15 is 0 Å². The van der Waals surface area contributed by atoms with Gasteiger partial charge in [-0.1, -0.05) is 85.8 Å². The Morgan fingerprint density at radius 3 is 2.18 bits per heavy atom. The Balaban J connectivity index is 1.71. The summed E-state index contributed by atoms with van der Waals surface area (Å²) in [7, 11) is -2.23. The zero-order chi connectivity index (χ0) is 31.3. The van der Waals surface area contributed by atoms with Gasteiger partial charge in [0, 0.05) is 31.9 Å². The van der Waals surface area contributed by atoms with Crippen LogP contribution in [-0.4, -0.2) is 38.7 Å². The minimum Gasteiger partial charge on any atom is -0.478 e. The minimum absolute atomic E-state index is 0.137. The number of ether oxygens (including phenoxy) is 1. The normalized spacial score (nSPS) is 13.3. The minimum atomic E-state index is -3.69. The van der Waals surface area contributed by atoms with Crippen molar-refractivity contribution < 1.29 is 22.3 Å². The standard InChI is InChI=1S/C35H34FN3O4S/c1-4-5-12-21-37-30-22-31(38(2)44(3,41)42)29-24-39(23-25-17-19-28(36)20-18-25)35(40)32(29)34(30)43-33(26-13-8-6-9-14-26)27-15-10-7-11-16-27/h5-22,33H,4,23-24H2,1-3H3/b12-5-,37-21?. The highest BCUT2D eigenvalue weighted by Gasteiger charge is 2.38. The fourth-order valence-corrected chi connectivity index (χ4v) is 5.64. The highest BCUT2D eigenvalue weighted by molar-refractivity contribution is 7.92. The molecule has 1 aliphatic heterocycles. The number of hydrogen-bond acceptors (Lipinski definition) is 5. The van der Waals surface area contributed by atoms with Gasteiger partial charge in [0.15, 0.2) is 5.75 Å². The number of carbonyl (C=O) groups is 1. The Labute approximate surface area is 258 Å². The first-order valence-corrected chi connectivity index (χ1v) is 16.2. The summed E-state index contributed by atoms with van der Waals surface area (Å²) < 4.78 is 47.1. The largest absolute Gasteiger partial charge is 0.478 e. The van der Waals surface area contributed by atoms with Crippen molar-refractivity contribution in [3.8, 4) is 5.75 Å². The van der Waals surface area contributed by atoms with Gasteiger partial charge in [0.05, 0.1) is 17.5 Å². The molecule has 0 radical (unpaired) electrons. The second kappa shape index (κ2) is 13.3. The lowest BCUT2D eigenvalue weighted by Gasteiger charge is -2.25. The molecule has 0 saturated heterocycles. The molecule has 0 unspecified atom stereocenters. The zero-order valence-electron chi connectivity index (χ0n) is 24.9. The zero-order valence-corrected chi connectivity index (χ0v) is 25.7. The number of halogens is 1. The molecule has 1 amide bonds. The van der Waals surface area contributed by atoms with Crippen molar-refractivity contribution in [1.29, 1.82) is 0 Å². The van der Waals surface area contributed by atoms with Crippen LogP contribution >= 0.6 is 0 Å². The Kier molecular flexibility index (Phi) is 9.25. The van der Waals surface area contributed by atoms with E-state index in [2.05, 4.69) is 4.99 Å². The molecule has 0 N–H and O–H groups in total. The van der Waals surface area contributed by atoms with Crippen LogP contribution in [0.4, 0.5) is 15.8 Å². The van der Waals surface area contributed by atoms with E-state index in [1.54, 1.807) is 35.4 Å². The summed E-state index contributed by atoms with van der Waals surface area (Å²) in [5.41, 5.74) is 3.92. The Bertz CT molecular complexity index is 1750. The van der Waals surface area contributed by atoms with Crippen molar-refractivity contribution in [2.24, 2.45) is 4.99 Å². The second-order valence-electron chi connectivity index (χ2n) is 10.5. The predicted molar refractivity (Wildman–Crippen MR) is 173 cm³/mol. The number of anilines is 1. The summed E-state index contributed by atoms with van der Waals surface area (Å²) in [5.74, 6) is -0.440. The van der Waals surface area contributed by atoms with Gasteiger partial charge in [-0.2, -0.15) is 0 Å². The third kappa shape index (κ3) is 6.73. The van der Waals surface area contributed by atoms with E-state index in [-0.39, 0.29) is 36.1 Å². The highest BCUT2D eigenvalue weighted by Crippen LogP contribution is 2.47. The summed E-state index contributed by atoms with van der Waals surface area (Å²) >= 11 is 0. The van der Waals surface area contributed by atoms with Crippen LogP contribution in [0, 0.1) is 5.82 Å². The fourth-order valence-electron chi connectivity index (χ4n) is 5.12. The van der Waals surface area contributed by atoms with Gasteiger partial charge in [-0.25, -0.2) is 12.8 Å². The van der Waals surface area contributed by atoms with E-state index < -0.39 is 16.1 Å². The lowest BCUT2D eigenvalue weighted by molar-refractivity contribution is 0.0762. The van der Waals surface area contributed by atoms with E-state index in [4.69, 9.17) is 4.74 Å². The lowest BCUT2D eigenvalue weighted by atomic mass is 10.00. The van der Waals surface area contributed by atoms with Gasteiger partial charge in [0.2, 0.25) is 10.0 Å². The SMILES string of the molecule is CC/C=C\C=Nc1cc(N(C)S(C)(=O)=O)c2c(c1OC(c1ccccc1)c1ccccc1)C(=O)N(Cc1ccc(F)cc1)C2. The molecule has 0 fully saturated rings. The van der Waals surface area contributed by atoms with E-state index in [0.717, 1.165) is 33.7 Å². The molecule has 0 saturated carbocycles. The quantitative estimate of drug-likeness (QED) is 0.168. The van der Waals surface area contributed by atoms with Crippen LogP contribution in [0.5, 0.6) is 5.75 Å². The molecular weight excluding hydrogens is 577 g/mol. The molecule has 4 aromatic rings. The molecule has 0 bridgehead atoms. The van der Waals surface area contributed by atoms with E-state index in [9.17, 15) is 17.6 Å². The fraction of sp³-hybridized carbons (Fsp3) is 0.200. The van der Waals surface area contributed by atoms with Crippen molar-refractivity contribution in [1.82, 2.24) is 4.90 Å². The second-order valence-corrected chi connectivity index (χ2v) is 12.6. The molecule has 9 heteroatoms. The third-order valence-corrected chi connectivity index (χ3v) is 8.62. The summed E-state index contributed by atoms with van der Waals surface area (Å²) in [6.45, 7) is 2.35. The predicted octanol–water partition coefficient (Wildman–Crippen LogP) is 7.21. The van der Waals surface area contributed by atoms with Gasteiger partial charge in [0.1, 0.15) is 17.6 Å². The molecule has 0 aliphatic carbocycles. The van der Waals surface area contributed by atoms with E-state index in [0.29, 0.717) is 16.9 Å². The molecule has 0 aromatic heterocycles. The average Bonchev–Trinajstić information content (AvgIpc) is 3.34. The first-order valence-electron chi connectivity index (χ1n) is 14.3. The van der Waals surface area contributed by atoms with Crippen LogP contribution in [0.25, 0.3) is 0 Å². The van der Waals surface area contributed by atoms with Crippen molar-refractivity contribution >= 4 is 33.5 Å². The maximum absolute atomic E-state index is 14.2. The summed E-state index contributed by atoms with van der Waals surface area (Å²) in [4.78, 5) is 20.5. The molecule has 4 aromatic carbocycles. The van der Waals surface area contributed by atoms with Crippen molar-refractivity contribution in [2.45, 2.75) is 32.5 Å². The number of hydrogen-bond donors (Lipinski definition) is 0. The number of benzene rings is 4. The number of fused-ring (bicyclic) bond motifs is 1. The topological polar surface area (TPSA) is 79.3 Å². The van der Waals surface area contributed by atoms with E-state index in [1.165, 1.54) is 19.2 Å². The van der Waals surface area contributed by atoms with Crippen molar-refractivity contribution in [3.63, 3.8) is 0 Å². The molecule has 1 aliphatic rings. The maximum Gasteiger partial charge on any atom is 0.258 e. The molecule has 7 nitrogen and oxygen atoms in total. The number of aliphatic imine (C=N–C) groups is 1. The number of nitrogens with zero attached hydrogens (tertiary/aromatic N) is 3. The molecular formula is C35H34FN3O4S. The smallest absolute Gasteiger partial charge is 0.258 e. The Morgan fingerprint density at radius 2 is 1.61 bits per heavy atom. The van der Waals surface area contributed by atoms with E-state index in [1.807, 2.05) is 73.7 Å². The first-order chi connectivity index (χ1) is 21.2. The average molecular weight is 612 g/mol. The van der Waals surface area contributed by atoms with Gasteiger partial charge in [-0.3, -0.25) is 14.1 Å². The summed E-state index contributed by atoms with van der Waals surface area (Å²) in [5, 5.41) is 0. The Hall–Kier alpha value is -4.76. The maximum atomic E-state index is 14.2. The van der Waals surface area contributed by atoms with Crippen LogP contribution in [0.2, 0.25) is 0 Å². The van der Waals surface area contributed by atoms with Gasteiger partial charge < -0.3 is 9.64 Å². The van der Waals surface area contributed by atoms with Crippen LogP contribution in [0.1, 0.15) is 52.1 Å². The lowest BCUT2D eigenvalue weighted by Crippen LogP contribution is -2.26. The number of allylic oxidation sites excluding steroid dienone is 2. The number of carbonyl (C=O) groups excluding carboxylic acids is 1. The summed E-state index contributed by atoms with van der Waals surface area (Å²) in [6, 6.07) is 27.0. The first kappa shape index (κ1) is 30.7. The molecule has 1 heterocycles. The van der Waals surface area contributed by atoms with Crippen molar-refractivity contribution in [3.05, 3.63) is 137 Å². The van der Waals surface area contributed by atoms with Gasteiger partial charge in [-0.15, -0.1) is 0 Å². The Morgan fingerprint density at radius 1 is 1.00 bits per heavy atom. The molecule has 5 rings (SSSR count). The molecule has 0 atom stereocenters. The highest BCUT2D eigenvalue weighted by atomic mass is 32.2. The molecule has 0 spiro atoms. The number of rotatable bonds is 11.